The third-order valence-corrected chi connectivity index (χ3v) is 3.92. The first-order valence-corrected chi connectivity index (χ1v) is 7.10. The summed E-state index contributed by atoms with van der Waals surface area (Å²) < 4.78 is 0. The Labute approximate surface area is 118 Å². The minimum absolute atomic E-state index is 0.440. The van der Waals surface area contributed by atoms with E-state index in [4.69, 9.17) is 11.6 Å². The molecular formula is C15H18ClN3. The maximum Gasteiger partial charge on any atom is 0.133 e. The van der Waals surface area contributed by atoms with Gasteiger partial charge >= 0.3 is 0 Å². The lowest BCUT2D eigenvalue weighted by Crippen LogP contribution is -2.49. The summed E-state index contributed by atoms with van der Waals surface area (Å²) in [4.78, 5) is 4.50. The second-order valence-electron chi connectivity index (χ2n) is 5.19. The van der Waals surface area contributed by atoms with Crippen LogP contribution in [0.5, 0.6) is 0 Å². The lowest BCUT2D eigenvalue weighted by atomic mass is 10.0. The number of fused-ring (bicyclic) bond motifs is 1. The molecule has 19 heavy (non-hydrogen) atoms. The second kappa shape index (κ2) is 5.45. The van der Waals surface area contributed by atoms with Gasteiger partial charge in [0.05, 0.1) is 5.52 Å². The Morgan fingerprint density at radius 2 is 2.21 bits per heavy atom. The van der Waals surface area contributed by atoms with E-state index in [0.29, 0.717) is 11.2 Å². The Bertz CT molecular complexity index is 591. The smallest absolute Gasteiger partial charge is 0.133 e. The number of nitrogens with one attached hydrogen (secondary N) is 2. The number of hydrogen-bond donors (Lipinski definition) is 2. The number of aryl methyl sites for hydroxylation is 1. The fourth-order valence-electron chi connectivity index (χ4n) is 2.58. The molecule has 1 saturated heterocycles. The van der Waals surface area contributed by atoms with Crippen LogP contribution in [0.3, 0.4) is 0 Å². The van der Waals surface area contributed by atoms with E-state index in [1.54, 1.807) is 0 Å². The molecule has 0 aliphatic carbocycles. The molecule has 100 valence electrons. The van der Waals surface area contributed by atoms with Gasteiger partial charge in [0.15, 0.2) is 0 Å². The van der Waals surface area contributed by atoms with Crippen molar-refractivity contribution in [3.63, 3.8) is 0 Å². The molecular weight excluding hydrogens is 258 g/mol. The molecule has 0 bridgehead atoms. The molecule has 1 fully saturated rings. The lowest BCUT2D eigenvalue weighted by Gasteiger charge is -2.24. The minimum Gasteiger partial charge on any atom is -0.314 e. The summed E-state index contributed by atoms with van der Waals surface area (Å²) in [5, 5.41) is 8.70. The summed E-state index contributed by atoms with van der Waals surface area (Å²) >= 11 is 6.30. The molecule has 2 aromatic rings. The van der Waals surface area contributed by atoms with E-state index in [-0.39, 0.29) is 0 Å². The zero-order chi connectivity index (χ0) is 13.2. The molecule has 0 spiro atoms. The van der Waals surface area contributed by atoms with Crippen molar-refractivity contribution in [2.24, 2.45) is 0 Å². The summed E-state index contributed by atoms with van der Waals surface area (Å²) in [7, 11) is 0. The van der Waals surface area contributed by atoms with Gasteiger partial charge < -0.3 is 10.6 Å². The number of nitrogens with zero attached hydrogens (tertiary/aromatic N) is 1. The van der Waals surface area contributed by atoms with E-state index in [2.05, 4.69) is 40.7 Å². The first-order valence-electron chi connectivity index (χ1n) is 6.72. The van der Waals surface area contributed by atoms with E-state index in [1.165, 1.54) is 10.9 Å². The number of piperazine rings is 1. The first-order chi connectivity index (χ1) is 9.22. The molecule has 0 radical (unpaired) electrons. The predicted octanol–water partition coefficient (Wildman–Crippen LogP) is 2.30. The highest BCUT2D eigenvalue weighted by atomic mass is 35.5. The maximum atomic E-state index is 6.30. The highest BCUT2D eigenvalue weighted by Crippen LogP contribution is 2.22. The second-order valence-corrected chi connectivity index (χ2v) is 5.55. The van der Waals surface area contributed by atoms with Gasteiger partial charge in [-0.15, -0.1) is 0 Å². The maximum absolute atomic E-state index is 6.30. The fraction of sp³-hybridized carbons (Fsp3) is 0.400. The molecule has 1 aromatic carbocycles. The van der Waals surface area contributed by atoms with Crippen LogP contribution in [0.4, 0.5) is 0 Å². The average molecular weight is 276 g/mol. The Morgan fingerprint density at radius 1 is 1.32 bits per heavy atom. The van der Waals surface area contributed by atoms with Crippen molar-refractivity contribution < 1.29 is 0 Å². The number of halogens is 1. The van der Waals surface area contributed by atoms with Crippen molar-refractivity contribution in [1.82, 2.24) is 15.6 Å². The van der Waals surface area contributed by atoms with E-state index in [1.807, 2.05) is 6.07 Å². The van der Waals surface area contributed by atoms with Crippen LogP contribution >= 0.6 is 11.6 Å². The number of rotatable bonds is 2. The third kappa shape index (κ3) is 2.89. The number of hydrogen-bond acceptors (Lipinski definition) is 3. The van der Waals surface area contributed by atoms with Crippen molar-refractivity contribution in [2.75, 3.05) is 19.6 Å². The van der Waals surface area contributed by atoms with Crippen molar-refractivity contribution in [2.45, 2.75) is 19.4 Å². The number of pyridine rings is 1. The molecule has 4 heteroatoms. The highest BCUT2D eigenvalue weighted by Gasteiger charge is 2.15. The molecule has 1 atom stereocenters. The highest BCUT2D eigenvalue weighted by molar-refractivity contribution is 6.30. The Hall–Kier alpha value is -1.16. The van der Waals surface area contributed by atoms with Crippen LogP contribution < -0.4 is 10.6 Å². The lowest BCUT2D eigenvalue weighted by molar-refractivity contribution is 0.416. The summed E-state index contributed by atoms with van der Waals surface area (Å²) in [6.45, 7) is 5.14. The Morgan fingerprint density at radius 3 is 3.00 bits per heavy atom. The molecule has 2 heterocycles. The zero-order valence-electron chi connectivity index (χ0n) is 11.0. The molecule has 1 aliphatic rings. The van der Waals surface area contributed by atoms with Gasteiger partial charge in [0.2, 0.25) is 0 Å². The number of benzene rings is 1. The van der Waals surface area contributed by atoms with Crippen molar-refractivity contribution in [3.8, 4) is 0 Å². The Kier molecular flexibility index (Phi) is 3.69. The van der Waals surface area contributed by atoms with Crippen molar-refractivity contribution >= 4 is 22.5 Å². The zero-order valence-corrected chi connectivity index (χ0v) is 11.8. The van der Waals surface area contributed by atoms with Crippen LogP contribution in [-0.4, -0.2) is 30.7 Å². The van der Waals surface area contributed by atoms with Crippen LogP contribution in [0.2, 0.25) is 5.15 Å². The van der Waals surface area contributed by atoms with E-state index >= 15 is 0 Å². The van der Waals surface area contributed by atoms with E-state index < -0.39 is 0 Å². The normalized spacial score (nSPS) is 19.8. The van der Waals surface area contributed by atoms with Gasteiger partial charge in [-0.1, -0.05) is 23.2 Å². The van der Waals surface area contributed by atoms with Crippen LogP contribution in [-0.2, 0) is 6.42 Å². The summed E-state index contributed by atoms with van der Waals surface area (Å²) in [5.41, 5.74) is 3.34. The SMILES string of the molecule is Cc1ccc2nc(Cl)c(CC3CNCCN3)cc2c1. The largest absolute Gasteiger partial charge is 0.314 e. The van der Waals surface area contributed by atoms with Gasteiger partial charge in [0, 0.05) is 31.1 Å². The topological polar surface area (TPSA) is 37.0 Å². The molecule has 1 aliphatic heterocycles. The molecule has 0 amide bonds. The standard InChI is InChI=1S/C15H18ClN3/c1-10-2-3-14-11(6-10)7-12(15(16)19-14)8-13-9-17-4-5-18-13/h2-3,6-7,13,17-18H,4-5,8-9H2,1H3. The Balaban J connectivity index is 1.91. The van der Waals surface area contributed by atoms with E-state index in [0.717, 1.165) is 37.1 Å². The predicted molar refractivity (Wildman–Crippen MR) is 79.9 cm³/mol. The number of aromatic nitrogens is 1. The van der Waals surface area contributed by atoms with Gasteiger partial charge in [-0.2, -0.15) is 0 Å². The van der Waals surface area contributed by atoms with Crippen LogP contribution in [0.15, 0.2) is 24.3 Å². The monoisotopic (exact) mass is 275 g/mol. The van der Waals surface area contributed by atoms with Gasteiger partial charge in [-0.3, -0.25) is 0 Å². The molecule has 1 unspecified atom stereocenters. The van der Waals surface area contributed by atoms with Gasteiger partial charge in [-0.25, -0.2) is 4.98 Å². The fourth-order valence-corrected chi connectivity index (χ4v) is 2.81. The molecule has 0 saturated carbocycles. The molecule has 1 aromatic heterocycles. The molecule has 2 N–H and O–H groups in total. The van der Waals surface area contributed by atoms with Crippen LogP contribution in [0.25, 0.3) is 10.9 Å². The van der Waals surface area contributed by atoms with Gasteiger partial charge in [0.25, 0.3) is 0 Å². The van der Waals surface area contributed by atoms with Crippen LogP contribution in [0.1, 0.15) is 11.1 Å². The first kappa shape index (κ1) is 12.9. The minimum atomic E-state index is 0.440. The van der Waals surface area contributed by atoms with E-state index in [9.17, 15) is 0 Å². The van der Waals surface area contributed by atoms with Crippen molar-refractivity contribution in [3.05, 3.63) is 40.5 Å². The van der Waals surface area contributed by atoms with Gasteiger partial charge in [-0.05, 0) is 37.1 Å². The van der Waals surface area contributed by atoms with Crippen LogP contribution in [0, 0.1) is 6.92 Å². The third-order valence-electron chi connectivity index (χ3n) is 3.59. The molecule has 3 nitrogen and oxygen atoms in total. The molecule has 3 rings (SSSR count). The summed E-state index contributed by atoms with van der Waals surface area (Å²) in [6.07, 6.45) is 0.919. The van der Waals surface area contributed by atoms with Crippen molar-refractivity contribution in [1.29, 1.82) is 0 Å². The average Bonchev–Trinajstić information content (AvgIpc) is 2.41. The summed E-state index contributed by atoms with van der Waals surface area (Å²) in [6, 6.07) is 8.87. The van der Waals surface area contributed by atoms with Gasteiger partial charge in [0.1, 0.15) is 5.15 Å². The summed E-state index contributed by atoms with van der Waals surface area (Å²) in [5.74, 6) is 0. The quantitative estimate of drug-likeness (QED) is 0.826.